The van der Waals surface area contributed by atoms with Gasteiger partial charge in [-0.25, -0.2) is 4.98 Å². The number of nitrogens with one attached hydrogen (secondary N) is 1. The number of nitrogen functional groups attached to an aromatic ring is 1. The van der Waals surface area contributed by atoms with Crippen molar-refractivity contribution >= 4 is 23.7 Å². The smallest absolute Gasteiger partial charge is 0.269 e. The van der Waals surface area contributed by atoms with Crippen LogP contribution in [0.5, 0.6) is 5.75 Å². The van der Waals surface area contributed by atoms with E-state index in [1.807, 2.05) is 41.8 Å². The fraction of sp³-hybridized carbons (Fsp3) is 0.0952. The summed E-state index contributed by atoms with van der Waals surface area (Å²) in [5, 5.41) is 4.14. The van der Waals surface area contributed by atoms with Gasteiger partial charge in [-0.3, -0.25) is 14.3 Å². The molecule has 0 fully saturated rings. The summed E-state index contributed by atoms with van der Waals surface area (Å²) in [6, 6.07) is 10.7. The van der Waals surface area contributed by atoms with Crippen molar-refractivity contribution in [1.82, 2.24) is 19.9 Å². The van der Waals surface area contributed by atoms with Crippen molar-refractivity contribution in [3.05, 3.63) is 77.7 Å². The molecule has 28 heavy (non-hydrogen) atoms. The Bertz CT molecular complexity index is 1130. The monoisotopic (exact) mass is 375 g/mol. The van der Waals surface area contributed by atoms with Gasteiger partial charge >= 0.3 is 0 Å². The zero-order valence-electron chi connectivity index (χ0n) is 15.7. The molecule has 0 radical (unpaired) electrons. The van der Waals surface area contributed by atoms with Crippen molar-refractivity contribution in [2.45, 2.75) is 6.92 Å². The zero-order chi connectivity index (χ0) is 20.1. The summed E-state index contributed by atoms with van der Waals surface area (Å²) < 4.78 is 7.69. The summed E-state index contributed by atoms with van der Waals surface area (Å²) in [5.41, 5.74) is 7.68. The lowest BCUT2D eigenvalue weighted by Gasteiger charge is -2.06. The summed E-state index contributed by atoms with van der Waals surface area (Å²) in [7, 11) is 1.55. The normalized spacial score (nSPS) is 12.1. The molecule has 7 nitrogen and oxygen atoms in total. The van der Waals surface area contributed by atoms with Gasteiger partial charge in [0.25, 0.3) is 5.91 Å². The lowest BCUT2D eigenvalue weighted by atomic mass is 10.3. The highest BCUT2D eigenvalue weighted by Gasteiger charge is 2.07. The Hall–Kier alpha value is -3.87. The van der Waals surface area contributed by atoms with Crippen molar-refractivity contribution in [2.24, 2.45) is 0 Å². The van der Waals surface area contributed by atoms with Gasteiger partial charge in [0, 0.05) is 36.8 Å². The molecule has 1 aromatic carbocycles. The standard InChI is InChI=1S/C21H21N5O2/c1-4-20-18(25-13-26(20)16-7-5-15(22)6-8-16)11-14(2)28-17-9-10-24-19(12-17)21(27)23-3/h4-13H,2,22H2,1,3H3,(H,23,27)/b18-11+,20-4+. The first-order chi connectivity index (χ1) is 13.5. The quantitative estimate of drug-likeness (QED) is 0.519. The molecule has 0 bridgehead atoms. The third-order valence-corrected chi connectivity index (χ3v) is 4.02. The first-order valence-corrected chi connectivity index (χ1v) is 8.64. The predicted octanol–water partition coefficient (Wildman–Crippen LogP) is 1.38. The van der Waals surface area contributed by atoms with Crippen LogP contribution in [0.25, 0.3) is 17.8 Å². The third-order valence-electron chi connectivity index (χ3n) is 4.02. The van der Waals surface area contributed by atoms with Crippen LogP contribution in [0.4, 0.5) is 5.69 Å². The second kappa shape index (κ2) is 8.22. The third kappa shape index (κ3) is 4.09. The molecule has 7 heteroatoms. The van der Waals surface area contributed by atoms with E-state index in [1.54, 1.807) is 31.6 Å². The molecule has 0 aliphatic rings. The van der Waals surface area contributed by atoms with Crippen molar-refractivity contribution < 1.29 is 9.53 Å². The van der Waals surface area contributed by atoms with Gasteiger partial charge in [0.1, 0.15) is 23.5 Å². The van der Waals surface area contributed by atoms with E-state index in [0.29, 0.717) is 22.5 Å². The molecule has 0 saturated heterocycles. The molecule has 0 aliphatic heterocycles. The van der Waals surface area contributed by atoms with E-state index >= 15 is 0 Å². The Balaban J connectivity index is 1.89. The van der Waals surface area contributed by atoms with E-state index in [9.17, 15) is 4.79 Å². The lowest BCUT2D eigenvalue weighted by molar-refractivity contribution is 0.0958. The Kier molecular flexibility index (Phi) is 5.55. The Morgan fingerprint density at radius 3 is 2.68 bits per heavy atom. The summed E-state index contributed by atoms with van der Waals surface area (Å²) in [5.74, 6) is 0.569. The SMILES string of the molecule is C=C(/C=c1/ncn(-c2ccc(N)cc2)/c1=C/C)Oc1ccnc(C(=O)NC)c1. The van der Waals surface area contributed by atoms with Crippen LogP contribution in [0.3, 0.4) is 0 Å². The second-order valence-corrected chi connectivity index (χ2v) is 5.93. The first kappa shape index (κ1) is 18.9. The molecular weight excluding hydrogens is 354 g/mol. The summed E-state index contributed by atoms with van der Waals surface area (Å²) in [6.07, 6.45) is 6.94. The maximum Gasteiger partial charge on any atom is 0.269 e. The number of rotatable bonds is 5. The van der Waals surface area contributed by atoms with E-state index in [1.165, 1.54) is 6.20 Å². The molecule has 2 heterocycles. The highest BCUT2D eigenvalue weighted by atomic mass is 16.5. The Labute approximate surface area is 162 Å². The molecule has 1 amide bonds. The second-order valence-electron chi connectivity index (χ2n) is 5.93. The molecule has 0 aliphatic carbocycles. The number of aromatic nitrogens is 3. The molecule has 0 spiro atoms. The molecule has 2 aromatic heterocycles. The minimum atomic E-state index is -0.287. The fourth-order valence-corrected chi connectivity index (χ4v) is 2.67. The largest absolute Gasteiger partial charge is 0.458 e. The van der Waals surface area contributed by atoms with Gasteiger partial charge in [0.2, 0.25) is 0 Å². The number of nitrogens with zero attached hydrogens (tertiary/aromatic N) is 3. The van der Waals surface area contributed by atoms with Crippen molar-refractivity contribution in [3.63, 3.8) is 0 Å². The zero-order valence-corrected chi connectivity index (χ0v) is 15.7. The average molecular weight is 375 g/mol. The van der Waals surface area contributed by atoms with Gasteiger partial charge in [-0.15, -0.1) is 0 Å². The van der Waals surface area contributed by atoms with E-state index in [4.69, 9.17) is 10.5 Å². The van der Waals surface area contributed by atoms with Crippen LogP contribution < -0.4 is 26.5 Å². The van der Waals surface area contributed by atoms with Gasteiger partial charge in [-0.2, -0.15) is 0 Å². The van der Waals surface area contributed by atoms with Crippen LogP contribution in [0, 0.1) is 0 Å². The predicted molar refractivity (Wildman–Crippen MR) is 109 cm³/mol. The highest BCUT2D eigenvalue weighted by Crippen LogP contribution is 2.14. The molecule has 3 N–H and O–H groups in total. The minimum absolute atomic E-state index is 0.267. The van der Waals surface area contributed by atoms with E-state index < -0.39 is 0 Å². The lowest BCUT2D eigenvalue weighted by Crippen LogP contribution is -2.29. The van der Waals surface area contributed by atoms with Crippen molar-refractivity contribution in [1.29, 1.82) is 0 Å². The minimum Gasteiger partial charge on any atom is -0.458 e. The summed E-state index contributed by atoms with van der Waals surface area (Å²) >= 11 is 0. The summed E-state index contributed by atoms with van der Waals surface area (Å²) in [6.45, 7) is 5.87. The number of carbonyl (C=O) groups excluding carboxylic acids is 1. The van der Waals surface area contributed by atoms with Gasteiger partial charge in [0.15, 0.2) is 0 Å². The number of allylic oxidation sites excluding steroid dienone is 1. The number of ether oxygens (including phenoxy) is 1. The van der Waals surface area contributed by atoms with Gasteiger partial charge < -0.3 is 15.8 Å². The van der Waals surface area contributed by atoms with Crippen molar-refractivity contribution in [3.8, 4) is 11.4 Å². The van der Waals surface area contributed by atoms with E-state index in [2.05, 4.69) is 21.9 Å². The molecule has 142 valence electrons. The average Bonchev–Trinajstić information content (AvgIpc) is 3.10. The molecular formula is C21H21N5O2. The van der Waals surface area contributed by atoms with Crippen LogP contribution in [0.2, 0.25) is 0 Å². The Morgan fingerprint density at radius 1 is 1.25 bits per heavy atom. The number of hydrogen-bond acceptors (Lipinski definition) is 5. The first-order valence-electron chi connectivity index (χ1n) is 8.64. The van der Waals surface area contributed by atoms with Crippen LogP contribution in [0.1, 0.15) is 17.4 Å². The number of amides is 1. The number of carbonyl (C=O) groups is 1. The highest BCUT2D eigenvalue weighted by molar-refractivity contribution is 5.92. The fourth-order valence-electron chi connectivity index (χ4n) is 2.67. The summed E-state index contributed by atoms with van der Waals surface area (Å²) in [4.78, 5) is 20.2. The Morgan fingerprint density at radius 2 is 2.00 bits per heavy atom. The number of anilines is 1. The number of imidazole rings is 1. The molecule has 0 atom stereocenters. The molecule has 0 unspecified atom stereocenters. The van der Waals surface area contributed by atoms with E-state index in [-0.39, 0.29) is 11.6 Å². The maximum absolute atomic E-state index is 11.7. The topological polar surface area (TPSA) is 95.1 Å². The number of hydrogen-bond donors (Lipinski definition) is 2. The number of pyridine rings is 1. The molecule has 3 rings (SSSR count). The van der Waals surface area contributed by atoms with Crippen molar-refractivity contribution in [2.75, 3.05) is 12.8 Å². The molecule has 0 saturated carbocycles. The maximum atomic E-state index is 11.7. The van der Waals surface area contributed by atoms with Crippen LogP contribution in [0.15, 0.2) is 61.3 Å². The van der Waals surface area contributed by atoms with Crippen LogP contribution in [-0.4, -0.2) is 27.5 Å². The number of nitrogens with two attached hydrogens (primary N) is 1. The van der Waals surface area contributed by atoms with Gasteiger partial charge in [-0.1, -0.05) is 12.7 Å². The number of benzene rings is 1. The van der Waals surface area contributed by atoms with Crippen LogP contribution in [-0.2, 0) is 0 Å². The van der Waals surface area contributed by atoms with Gasteiger partial charge in [0.05, 0.1) is 10.7 Å². The van der Waals surface area contributed by atoms with Gasteiger partial charge in [-0.05, 0) is 37.3 Å². The van der Waals surface area contributed by atoms with E-state index in [0.717, 1.165) is 11.0 Å². The molecule has 3 aromatic rings. The van der Waals surface area contributed by atoms with Crippen LogP contribution >= 0.6 is 0 Å².